The molecule has 1 aromatic carbocycles. The Balaban J connectivity index is 1.84. The van der Waals surface area contributed by atoms with Gasteiger partial charge in [-0.1, -0.05) is 24.3 Å². The first kappa shape index (κ1) is 12.7. The van der Waals surface area contributed by atoms with Gasteiger partial charge in [0.15, 0.2) is 0 Å². The van der Waals surface area contributed by atoms with Gasteiger partial charge in [0.2, 0.25) is 0 Å². The number of hydrogen-bond donors (Lipinski definition) is 2. The van der Waals surface area contributed by atoms with E-state index in [4.69, 9.17) is 10.6 Å². The number of aromatic nitrogens is 1. The predicted octanol–water partition coefficient (Wildman–Crippen LogP) is 1.83. The molecule has 100 valence electrons. The number of hydrogen-bond acceptors (Lipinski definition) is 5. The number of hydrazine groups is 1. The van der Waals surface area contributed by atoms with Crippen molar-refractivity contribution >= 4 is 11.3 Å². The summed E-state index contributed by atoms with van der Waals surface area (Å²) in [5, 5.41) is 0. The Morgan fingerprint density at radius 3 is 3.16 bits per heavy atom. The topological polar surface area (TPSA) is 60.2 Å². The number of nitrogens with one attached hydrogen (secondary N) is 1. The molecule has 2 aromatic rings. The van der Waals surface area contributed by atoms with Crippen LogP contribution in [0.15, 0.2) is 36.0 Å². The van der Waals surface area contributed by atoms with Crippen molar-refractivity contribution in [2.24, 2.45) is 5.84 Å². The largest absolute Gasteiger partial charge is 0.371 e. The maximum absolute atomic E-state index is 5.95. The average molecular weight is 275 g/mol. The number of thiazole rings is 1. The SMILES string of the molecule is NNC(Cc1cncs1)C1OCCc2ccccc21. The van der Waals surface area contributed by atoms with Crippen LogP contribution in [0.25, 0.3) is 0 Å². The summed E-state index contributed by atoms with van der Waals surface area (Å²) < 4.78 is 5.95. The van der Waals surface area contributed by atoms with E-state index < -0.39 is 0 Å². The van der Waals surface area contributed by atoms with Crippen molar-refractivity contribution in [3.05, 3.63) is 52.0 Å². The highest BCUT2D eigenvalue weighted by molar-refractivity contribution is 7.09. The molecule has 0 radical (unpaired) electrons. The Hall–Kier alpha value is -1.27. The Labute approximate surface area is 116 Å². The lowest BCUT2D eigenvalue weighted by Crippen LogP contribution is -2.43. The Kier molecular flexibility index (Phi) is 3.89. The van der Waals surface area contributed by atoms with Gasteiger partial charge in [0, 0.05) is 17.5 Å². The third-order valence-electron chi connectivity index (χ3n) is 3.51. The van der Waals surface area contributed by atoms with Crippen LogP contribution in [-0.2, 0) is 17.6 Å². The molecule has 1 aliphatic heterocycles. The van der Waals surface area contributed by atoms with E-state index in [-0.39, 0.29) is 12.1 Å². The number of benzene rings is 1. The summed E-state index contributed by atoms with van der Waals surface area (Å²) in [4.78, 5) is 5.33. The van der Waals surface area contributed by atoms with Crippen LogP contribution in [-0.4, -0.2) is 17.6 Å². The van der Waals surface area contributed by atoms with Crippen LogP contribution in [0.1, 0.15) is 22.1 Å². The molecule has 0 fully saturated rings. The van der Waals surface area contributed by atoms with Gasteiger partial charge in [-0.05, 0) is 17.5 Å². The number of nitrogens with zero attached hydrogens (tertiary/aromatic N) is 1. The fourth-order valence-electron chi connectivity index (χ4n) is 2.57. The molecular weight excluding hydrogens is 258 g/mol. The monoisotopic (exact) mass is 275 g/mol. The van der Waals surface area contributed by atoms with Crippen LogP contribution in [0.3, 0.4) is 0 Å². The van der Waals surface area contributed by atoms with Gasteiger partial charge in [0.25, 0.3) is 0 Å². The van der Waals surface area contributed by atoms with E-state index in [1.54, 1.807) is 11.3 Å². The Bertz CT molecular complexity index is 529. The van der Waals surface area contributed by atoms with E-state index in [9.17, 15) is 0 Å². The number of nitrogens with two attached hydrogens (primary N) is 1. The van der Waals surface area contributed by atoms with Gasteiger partial charge in [-0.15, -0.1) is 11.3 Å². The van der Waals surface area contributed by atoms with Crippen molar-refractivity contribution < 1.29 is 4.74 Å². The second-order valence-corrected chi connectivity index (χ2v) is 5.66. The van der Waals surface area contributed by atoms with E-state index in [2.05, 4.69) is 34.7 Å². The van der Waals surface area contributed by atoms with E-state index in [1.165, 1.54) is 16.0 Å². The van der Waals surface area contributed by atoms with Gasteiger partial charge in [0.05, 0.1) is 24.3 Å². The third kappa shape index (κ3) is 2.69. The first-order valence-electron chi connectivity index (χ1n) is 6.41. The first-order chi connectivity index (χ1) is 9.38. The van der Waals surface area contributed by atoms with E-state index >= 15 is 0 Å². The molecule has 3 N–H and O–H groups in total. The molecule has 2 atom stereocenters. The number of ether oxygens (including phenoxy) is 1. The van der Waals surface area contributed by atoms with Crippen LogP contribution in [0.2, 0.25) is 0 Å². The molecule has 0 amide bonds. The van der Waals surface area contributed by atoms with Crippen molar-refractivity contribution in [2.75, 3.05) is 6.61 Å². The van der Waals surface area contributed by atoms with Crippen molar-refractivity contribution in [1.29, 1.82) is 0 Å². The summed E-state index contributed by atoms with van der Waals surface area (Å²) in [6, 6.07) is 8.51. The van der Waals surface area contributed by atoms with Crippen LogP contribution in [0.5, 0.6) is 0 Å². The van der Waals surface area contributed by atoms with Crippen LogP contribution in [0, 0.1) is 0 Å². The molecule has 1 aromatic heterocycles. The highest BCUT2D eigenvalue weighted by Crippen LogP contribution is 2.31. The minimum absolute atomic E-state index is 0.0112. The molecule has 0 saturated carbocycles. The van der Waals surface area contributed by atoms with E-state index in [1.807, 2.05) is 11.7 Å². The molecule has 1 aliphatic rings. The zero-order chi connectivity index (χ0) is 13.1. The lowest BCUT2D eigenvalue weighted by Gasteiger charge is -2.32. The predicted molar refractivity (Wildman–Crippen MR) is 75.8 cm³/mol. The number of fused-ring (bicyclic) bond motifs is 1. The highest BCUT2D eigenvalue weighted by atomic mass is 32.1. The number of rotatable bonds is 4. The minimum atomic E-state index is 0.0112. The standard InChI is InChI=1S/C14H17N3OS/c15-17-13(7-11-8-16-9-19-11)14-12-4-2-1-3-10(12)5-6-18-14/h1-4,8-9,13-14,17H,5-7,15H2. The van der Waals surface area contributed by atoms with Crippen molar-refractivity contribution in [2.45, 2.75) is 25.0 Å². The first-order valence-corrected chi connectivity index (χ1v) is 7.29. The van der Waals surface area contributed by atoms with Crippen LogP contribution < -0.4 is 11.3 Å². The fraction of sp³-hybridized carbons (Fsp3) is 0.357. The van der Waals surface area contributed by atoms with Gasteiger partial charge in [0.1, 0.15) is 0 Å². The summed E-state index contributed by atoms with van der Waals surface area (Å²) in [6.45, 7) is 0.753. The van der Waals surface area contributed by atoms with E-state index in [0.717, 1.165) is 19.4 Å². The normalized spacial score (nSPS) is 19.9. The maximum atomic E-state index is 5.95. The van der Waals surface area contributed by atoms with Crippen LogP contribution >= 0.6 is 11.3 Å². The molecule has 0 bridgehead atoms. The smallest absolute Gasteiger partial charge is 0.0997 e. The maximum Gasteiger partial charge on any atom is 0.0997 e. The van der Waals surface area contributed by atoms with Gasteiger partial charge in [-0.3, -0.25) is 16.3 Å². The molecule has 0 saturated heterocycles. The molecular formula is C14H17N3OS. The molecule has 4 nitrogen and oxygen atoms in total. The molecule has 2 heterocycles. The van der Waals surface area contributed by atoms with Crippen LogP contribution in [0.4, 0.5) is 0 Å². The summed E-state index contributed by atoms with van der Waals surface area (Å²) >= 11 is 1.65. The second-order valence-electron chi connectivity index (χ2n) is 4.69. The summed E-state index contributed by atoms with van der Waals surface area (Å²) in [5.74, 6) is 5.73. The minimum Gasteiger partial charge on any atom is -0.371 e. The van der Waals surface area contributed by atoms with Gasteiger partial charge < -0.3 is 4.74 Å². The lowest BCUT2D eigenvalue weighted by molar-refractivity contribution is 0.0155. The molecule has 3 rings (SSSR count). The molecule has 0 aliphatic carbocycles. The third-order valence-corrected chi connectivity index (χ3v) is 4.32. The van der Waals surface area contributed by atoms with Gasteiger partial charge >= 0.3 is 0 Å². The quantitative estimate of drug-likeness (QED) is 0.660. The molecule has 2 unspecified atom stereocenters. The average Bonchev–Trinajstić information content (AvgIpc) is 2.97. The highest BCUT2D eigenvalue weighted by Gasteiger charge is 2.28. The van der Waals surface area contributed by atoms with E-state index in [0.29, 0.717) is 0 Å². The molecule has 19 heavy (non-hydrogen) atoms. The van der Waals surface area contributed by atoms with Crippen molar-refractivity contribution in [3.63, 3.8) is 0 Å². The Morgan fingerprint density at radius 1 is 1.47 bits per heavy atom. The summed E-state index contributed by atoms with van der Waals surface area (Å²) in [5.41, 5.74) is 7.37. The molecule has 5 heteroatoms. The van der Waals surface area contributed by atoms with Gasteiger partial charge in [-0.25, -0.2) is 0 Å². The van der Waals surface area contributed by atoms with Crippen molar-refractivity contribution in [3.8, 4) is 0 Å². The zero-order valence-electron chi connectivity index (χ0n) is 10.6. The fourth-order valence-corrected chi connectivity index (χ4v) is 3.23. The lowest BCUT2D eigenvalue weighted by atomic mass is 9.92. The summed E-state index contributed by atoms with van der Waals surface area (Å²) in [7, 11) is 0. The van der Waals surface area contributed by atoms with Crippen molar-refractivity contribution in [1.82, 2.24) is 10.4 Å². The zero-order valence-corrected chi connectivity index (χ0v) is 11.4. The Morgan fingerprint density at radius 2 is 2.37 bits per heavy atom. The van der Waals surface area contributed by atoms with Gasteiger partial charge in [-0.2, -0.15) is 0 Å². The summed E-state index contributed by atoms with van der Waals surface area (Å²) in [6.07, 6.45) is 3.71. The molecule has 0 spiro atoms. The second kappa shape index (κ2) is 5.79.